The maximum Gasteiger partial charge on any atom is 0.131 e. The van der Waals surface area contributed by atoms with Gasteiger partial charge in [-0.1, -0.05) is 6.92 Å². The van der Waals surface area contributed by atoms with E-state index in [-0.39, 0.29) is 0 Å². The molecule has 1 unspecified atom stereocenters. The van der Waals surface area contributed by atoms with Crippen molar-refractivity contribution in [3.63, 3.8) is 0 Å². The van der Waals surface area contributed by atoms with E-state index < -0.39 is 0 Å². The molecular formula is C16H19N3O. The first-order chi connectivity index (χ1) is 9.72. The Balaban J connectivity index is 1.79. The average Bonchev–Trinajstić information content (AvgIpc) is 3.02. The molecule has 0 saturated heterocycles. The highest BCUT2D eigenvalue weighted by Gasteiger charge is 2.23. The molecule has 4 nitrogen and oxygen atoms in total. The smallest absolute Gasteiger partial charge is 0.131 e. The van der Waals surface area contributed by atoms with Crippen molar-refractivity contribution in [2.45, 2.75) is 32.7 Å². The number of nitrogen functional groups attached to an aromatic ring is 1. The number of imidazole rings is 1. The molecule has 0 radical (unpaired) electrons. The van der Waals surface area contributed by atoms with E-state index in [0.29, 0.717) is 5.92 Å². The van der Waals surface area contributed by atoms with Crippen LogP contribution in [0.2, 0.25) is 0 Å². The lowest BCUT2D eigenvalue weighted by Crippen LogP contribution is -2.18. The molecule has 0 amide bonds. The topological polar surface area (TPSA) is 53.1 Å². The van der Waals surface area contributed by atoms with Crippen LogP contribution < -0.4 is 10.5 Å². The molecule has 2 aromatic rings. The summed E-state index contributed by atoms with van der Waals surface area (Å²) in [6.07, 6.45) is 3.19. The van der Waals surface area contributed by atoms with E-state index in [1.54, 1.807) is 0 Å². The fourth-order valence-electron chi connectivity index (χ4n) is 3.23. The second-order valence-corrected chi connectivity index (χ2v) is 5.93. The van der Waals surface area contributed by atoms with Gasteiger partial charge in [-0.2, -0.15) is 0 Å². The molecule has 0 bridgehead atoms. The van der Waals surface area contributed by atoms with Gasteiger partial charge in [-0.3, -0.25) is 0 Å². The van der Waals surface area contributed by atoms with Gasteiger partial charge in [0.1, 0.15) is 23.1 Å². The van der Waals surface area contributed by atoms with Crippen LogP contribution in [0.25, 0.3) is 11.3 Å². The van der Waals surface area contributed by atoms with Crippen LogP contribution in [0.5, 0.6) is 5.75 Å². The monoisotopic (exact) mass is 269 g/mol. The number of hydrogen-bond donors (Lipinski definition) is 1. The molecule has 1 aromatic heterocycles. The van der Waals surface area contributed by atoms with Crippen LogP contribution in [0, 0.1) is 5.92 Å². The zero-order chi connectivity index (χ0) is 13.7. The molecule has 1 atom stereocenters. The fourth-order valence-corrected chi connectivity index (χ4v) is 3.23. The van der Waals surface area contributed by atoms with E-state index in [4.69, 9.17) is 15.5 Å². The number of rotatable bonds is 1. The van der Waals surface area contributed by atoms with Crippen molar-refractivity contribution in [3.8, 4) is 17.0 Å². The van der Waals surface area contributed by atoms with Crippen molar-refractivity contribution >= 4 is 5.82 Å². The molecule has 3 heterocycles. The number of hydrogen-bond acceptors (Lipinski definition) is 3. The Morgan fingerprint density at radius 1 is 1.40 bits per heavy atom. The molecule has 0 saturated carbocycles. The summed E-state index contributed by atoms with van der Waals surface area (Å²) >= 11 is 0. The number of anilines is 1. The van der Waals surface area contributed by atoms with Gasteiger partial charge in [0, 0.05) is 24.9 Å². The highest BCUT2D eigenvalue weighted by Crippen LogP contribution is 2.34. The molecule has 2 aliphatic heterocycles. The molecule has 2 N–H and O–H groups in total. The minimum absolute atomic E-state index is 0.700. The molecule has 0 spiro atoms. The van der Waals surface area contributed by atoms with Gasteiger partial charge in [0.2, 0.25) is 0 Å². The number of ether oxygens (including phenoxy) is 1. The summed E-state index contributed by atoms with van der Waals surface area (Å²) in [5, 5.41) is 0. The summed E-state index contributed by atoms with van der Waals surface area (Å²) in [5.74, 6) is 3.65. The fraction of sp³-hybridized carbons (Fsp3) is 0.438. The molecular weight excluding hydrogens is 250 g/mol. The summed E-state index contributed by atoms with van der Waals surface area (Å²) in [4.78, 5) is 4.79. The van der Waals surface area contributed by atoms with Gasteiger partial charge < -0.3 is 15.0 Å². The second kappa shape index (κ2) is 4.27. The normalized spacial score (nSPS) is 20.4. The molecule has 20 heavy (non-hydrogen) atoms. The predicted molar refractivity (Wildman–Crippen MR) is 78.8 cm³/mol. The van der Waals surface area contributed by atoms with E-state index in [2.05, 4.69) is 23.6 Å². The lowest BCUT2D eigenvalue weighted by molar-refractivity contribution is 0.357. The second-order valence-electron chi connectivity index (χ2n) is 5.93. The maximum absolute atomic E-state index is 6.32. The van der Waals surface area contributed by atoms with Crippen LogP contribution in [-0.4, -0.2) is 16.2 Å². The van der Waals surface area contributed by atoms with Crippen molar-refractivity contribution in [1.82, 2.24) is 9.55 Å². The van der Waals surface area contributed by atoms with Gasteiger partial charge in [0.25, 0.3) is 0 Å². The third kappa shape index (κ3) is 1.71. The standard InChI is InChI=1S/C16H19N3O/c1-10-4-6-19-14(8-10)18-15(16(19)17)12-2-3-13-11(9-12)5-7-20-13/h2-3,9-10H,4-8,17H2,1H3. The number of aromatic nitrogens is 2. The first-order valence-electron chi connectivity index (χ1n) is 7.33. The third-order valence-corrected chi connectivity index (χ3v) is 4.43. The lowest BCUT2D eigenvalue weighted by Gasteiger charge is -2.20. The zero-order valence-corrected chi connectivity index (χ0v) is 11.7. The summed E-state index contributed by atoms with van der Waals surface area (Å²) in [7, 11) is 0. The van der Waals surface area contributed by atoms with Crippen LogP contribution in [0.3, 0.4) is 0 Å². The van der Waals surface area contributed by atoms with Crippen molar-refractivity contribution in [2.75, 3.05) is 12.3 Å². The van der Waals surface area contributed by atoms with E-state index in [1.165, 1.54) is 12.0 Å². The highest BCUT2D eigenvalue weighted by molar-refractivity contribution is 5.72. The van der Waals surface area contributed by atoms with Crippen molar-refractivity contribution < 1.29 is 4.74 Å². The average molecular weight is 269 g/mol. The maximum atomic E-state index is 6.32. The molecule has 0 aliphatic carbocycles. The van der Waals surface area contributed by atoms with E-state index in [9.17, 15) is 0 Å². The largest absolute Gasteiger partial charge is 0.493 e. The van der Waals surface area contributed by atoms with Crippen molar-refractivity contribution in [2.24, 2.45) is 5.92 Å². The minimum Gasteiger partial charge on any atom is -0.493 e. The Bertz CT molecular complexity index is 675. The summed E-state index contributed by atoms with van der Waals surface area (Å²) in [6.45, 7) is 4.05. The van der Waals surface area contributed by atoms with Gasteiger partial charge in [-0.15, -0.1) is 0 Å². The van der Waals surface area contributed by atoms with E-state index >= 15 is 0 Å². The molecule has 4 rings (SSSR count). The van der Waals surface area contributed by atoms with Crippen LogP contribution in [0.1, 0.15) is 24.7 Å². The first-order valence-corrected chi connectivity index (χ1v) is 7.33. The number of fused-ring (bicyclic) bond motifs is 2. The van der Waals surface area contributed by atoms with Crippen molar-refractivity contribution in [1.29, 1.82) is 0 Å². The lowest BCUT2D eigenvalue weighted by atomic mass is 10.0. The molecule has 104 valence electrons. The summed E-state index contributed by atoms with van der Waals surface area (Å²) in [5.41, 5.74) is 9.63. The van der Waals surface area contributed by atoms with E-state index in [1.807, 2.05) is 6.07 Å². The Kier molecular flexibility index (Phi) is 2.52. The van der Waals surface area contributed by atoms with Gasteiger partial charge in [-0.25, -0.2) is 4.98 Å². The predicted octanol–water partition coefficient (Wildman–Crippen LogP) is 2.65. The Hall–Kier alpha value is -1.97. The molecule has 4 heteroatoms. The third-order valence-electron chi connectivity index (χ3n) is 4.43. The quantitative estimate of drug-likeness (QED) is 0.866. The first kappa shape index (κ1) is 11.8. The van der Waals surface area contributed by atoms with Crippen LogP contribution in [0.4, 0.5) is 5.82 Å². The van der Waals surface area contributed by atoms with Gasteiger partial charge >= 0.3 is 0 Å². The zero-order valence-electron chi connectivity index (χ0n) is 11.7. The van der Waals surface area contributed by atoms with Crippen molar-refractivity contribution in [3.05, 3.63) is 29.6 Å². The van der Waals surface area contributed by atoms with Gasteiger partial charge in [-0.05, 0) is 36.1 Å². The summed E-state index contributed by atoms with van der Waals surface area (Å²) in [6, 6.07) is 6.28. The highest BCUT2D eigenvalue weighted by atomic mass is 16.5. The van der Waals surface area contributed by atoms with E-state index in [0.717, 1.165) is 54.6 Å². The van der Waals surface area contributed by atoms with Gasteiger partial charge in [0.05, 0.1) is 6.61 Å². The number of nitrogens with zero attached hydrogens (tertiary/aromatic N) is 2. The van der Waals surface area contributed by atoms with Crippen LogP contribution in [-0.2, 0) is 19.4 Å². The Morgan fingerprint density at radius 2 is 2.30 bits per heavy atom. The molecule has 2 aliphatic rings. The SMILES string of the molecule is CC1CCn2c(nc(-c3ccc4c(c3)CCO4)c2N)C1. The number of nitrogens with two attached hydrogens (primary N) is 1. The minimum atomic E-state index is 0.700. The Labute approximate surface area is 118 Å². The van der Waals surface area contributed by atoms with Gasteiger partial charge in [0.15, 0.2) is 0 Å². The van der Waals surface area contributed by atoms with Crippen LogP contribution >= 0.6 is 0 Å². The number of benzene rings is 1. The Morgan fingerprint density at radius 3 is 3.20 bits per heavy atom. The summed E-state index contributed by atoms with van der Waals surface area (Å²) < 4.78 is 7.74. The molecule has 0 fully saturated rings. The molecule has 1 aromatic carbocycles. The van der Waals surface area contributed by atoms with Crippen LogP contribution in [0.15, 0.2) is 18.2 Å².